The van der Waals surface area contributed by atoms with Crippen molar-refractivity contribution in [2.75, 3.05) is 19.0 Å². The summed E-state index contributed by atoms with van der Waals surface area (Å²) < 4.78 is 16.2. The molecule has 0 atom stereocenters. The van der Waals surface area contributed by atoms with E-state index in [4.69, 9.17) is 25.5 Å². The molecular formula is C22H21ClN2O5. The number of hydrogen-bond donors (Lipinski definition) is 2. The van der Waals surface area contributed by atoms with Gasteiger partial charge in [-0.1, -0.05) is 29.3 Å². The molecule has 30 heavy (non-hydrogen) atoms. The molecule has 0 aliphatic heterocycles. The molecule has 8 heteroatoms. The summed E-state index contributed by atoms with van der Waals surface area (Å²) in [5.74, 6) is 0.899. The molecule has 0 bridgehead atoms. The first-order valence-electron chi connectivity index (χ1n) is 9.14. The highest BCUT2D eigenvalue weighted by Gasteiger charge is 2.13. The van der Waals surface area contributed by atoms with Gasteiger partial charge >= 0.3 is 0 Å². The number of ether oxygens (including phenoxy) is 2. The highest BCUT2D eigenvalue weighted by Crippen LogP contribution is 2.27. The van der Waals surface area contributed by atoms with Gasteiger partial charge in [-0.25, -0.2) is 0 Å². The van der Waals surface area contributed by atoms with Gasteiger partial charge in [-0.05, 0) is 49.4 Å². The lowest BCUT2D eigenvalue weighted by Crippen LogP contribution is -2.32. The zero-order valence-electron chi connectivity index (χ0n) is 16.5. The number of rotatable bonds is 8. The second-order valence-corrected chi connectivity index (χ2v) is 6.86. The third-order valence-electron chi connectivity index (χ3n) is 4.13. The number of hydrogen-bond acceptors (Lipinski definition) is 5. The van der Waals surface area contributed by atoms with Crippen LogP contribution < -0.4 is 20.1 Å². The quantitative estimate of drug-likeness (QED) is 0.561. The third-order valence-corrected chi connectivity index (χ3v) is 4.43. The summed E-state index contributed by atoms with van der Waals surface area (Å²) in [6, 6.07) is 15.7. The van der Waals surface area contributed by atoms with Crippen LogP contribution in [0.2, 0.25) is 5.02 Å². The molecule has 3 rings (SSSR count). The first-order chi connectivity index (χ1) is 14.4. The number of anilines is 1. The fourth-order valence-electron chi connectivity index (χ4n) is 2.56. The lowest BCUT2D eigenvalue weighted by atomic mass is 10.2. The van der Waals surface area contributed by atoms with Gasteiger partial charge in [-0.15, -0.1) is 0 Å². The Hall–Kier alpha value is -3.45. The fraction of sp³-hybridized carbons (Fsp3) is 0.182. The molecule has 0 radical (unpaired) electrons. The molecule has 2 N–H and O–H groups in total. The van der Waals surface area contributed by atoms with E-state index in [2.05, 4.69) is 10.6 Å². The van der Waals surface area contributed by atoms with Crippen molar-refractivity contribution in [2.45, 2.75) is 13.5 Å². The molecule has 0 aliphatic rings. The summed E-state index contributed by atoms with van der Waals surface area (Å²) in [6.45, 7) is 1.96. The van der Waals surface area contributed by atoms with E-state index in [0.717, 1.165) is 5.56 Å². The number of furan rings is 1. The molecule has 0 saturated heterocycles. The maximum atomic E-state index is 12.2. The first-order valence-corrected chi connectivity index (χ1v) is 9.52. The van der Waals surface area contributed by atoms with E-state index in [9.17, 15) is 9.59 Å². The third kappa shape index (κ3) is 5.78. The highest BCUT2D eigenvalue weighted by atomic mass is 35.5. The maximum Gasteiger partial charge on any atom is 0.287 e. The van der Waals surface area contributed by atoms with E-state index in [1.165, 1.54) is 13.2 Å². The zero-order chi connectivity index (χ0) is 21.5. The normalized spacial score (nSPS) is 10.4. The molecule has 0 fully saturated rings. The van der Waals surface area contributed by atoms with Crippen molar-refractivity contribution in [3.05, 3.63) is 76.7 Å². The van der Waals surface area contributed by atoms with Crippen molar-refractivity contribution in [3.63, 3.8) is 0 Å². The van der Waals surface area contributed by atoms with Crippen LogP contribution in [0.4, 0.5) is 5.69 Å². The molecule has 0 unspecified atom stereocenters. The molecule has 3 aromatic rings. The van der Waals surface area contributed by atoms with Crippen LogP contribution in [0.1, 0.15) is 21.9 Å². The van der Waals surface area contributed by atoms with Gasteiger partial charge in [0, 0.05) is 5.69 Å². The van der Waals surface area contributed by atoms with Crippen molar-refractivity contribution in [2.24, 2.45) is 0 Å². The first kappa shape index (κ1) is 21.3. The Bertz CT molecular complexity index is 1030. The second-order valence-electron chi connectivity index (χ2n) is 6.45. The number of methoxy groups -OCH3 is 1. The van der Waals surface area contributed by atoms with Crippen molar-refractivity contribution in [1.29, 1.82) is 0 Å². The van der Waals surface area contributed by atoms with Crippen molar-refractivity contribution >= 4 is 29.1 Å². The van der Waals surface area contributed by atoms with Crippen LogP contribution in [-0.2, 0) is 11.4 Å². The summed E-state index contributed by atoms with van der Waals surface area (Å²) in [5.41, 5.74) is 1.63. The van der Waals surface area contributed by atoms with Gasteiger partial charge in [0.05, 0.1) is 18.7 Å². The molecule has 0 aliphatic carbocycles. The molecule has 7 nitrogen and oxygen atoms in total. The SMILES string of the molecule is COc1ccc(NC(=O)CNC(=O)c2ccc(COc3ccc(C)cc3)o2)cc1Cl. The average Bonchev–Trinajstić information content (AvgIpc) is 3.21. The number of nitrogens with one attached hydrogen (secondary N) is 2. The molecule has 156 valence electrons. The standard InChI is InChI=1S/C22H21ClN2O5/c1-14-3-6-16(7-4-14)29-13-17-8-10-20(30-17)22(27)24-12-21(26)25-15-5-9-19(28-2)18(23)11-15/h3-11H,12-13H2,1-2H3,(H,24,27)(H,25,26). The van der Waals surface area contributed by atoms with E-state index in [1.807, 2.05) is 31.2 Å². The predicted octanol–water partition coefficient (Wildman–Crippen LogP) is 4.20. The molecule has 0 saturated carbocycles. The molecule has 0 spiro atoms. The Kier molecular flexibility index (Phi) is 6.98. The van der Waals surface area contributed by atoms with Crippen molar-refractivity contribution in [1.82, 2.24) is 5.32 Å². The summed E-state index contributed by atoms with van der Waals surface area (Å²) in [7, 11) is 1.50. The van der Waals surface area contributed by atoms with E-state index in [0.29, 0.717) is 28.0 Å². The van der Waals surface area contributed by atoms with Gasteiger partial charge in [0.25, 0.3) is 5.91 Å². The minimum Gasteiger partial charge on any atom is -0.495 e. The van der Waals surface area contributed by atoms with Crippen LogP contribution >= 0.6 is 11.6 Å². The summed E-state index contributed by atoms with van der Waals surface area (Å²) in [6.07, 6.45) is 0. The Balaban J connectivity index is 1.47. The number of carbonyl (C=O) groups excluding carboxylic acids is 2. The van der Waals surface area contributed by atoms with Crippen molar-refractivity contribution < 1.29 is 23.5 Å². The van der Waals surface area contributed by atoms with Crippen LogP contribution in [0.15, 0.2) is 59.0 Å². The van der Waals surface area contributed by atoms with Crippen LogP contribution in [-0.4, -0.2) is 25.5 Å². The Morgan fingerprint density at radius 3 is 2.53 bits per heavy atom. The summed E-state index contributed by atoms with van der Waals surface area (Å²) >= 11 is 6.03. The van der Waals surface area contributed by atoms with E-state index >= 15 is 0 Å². The van der Waals surface area contributed by atoms with Crippen LogP contribution in [0.25, 0.3) is 0 Å². The summed E-state index contributed by atoms with van der Waals surface area (Å²) in [4.78, 5) is 24.3. The lowest BCUT2D eigenvalue weighted by molar-refractivity contribution is -0.115. The number of benzene rings is 2. The van der Waals surface area contributed by atoms with Gasteiger partial charge < -0.3 is 24.5 Å². The van der Waals surface area contributed by atoms with Gasteiger partial charge in [0.2, 0.25) is 5.91 Å². The minimum absolute atomic E-state index is 0.0952. The molecule has 1 aromatic heterocycles. The number of halogens is 1. The fourth-order valence-corrected chi connectivity index (χ4v) is 2.82. The van der Waals surface area contributed by atoms with E-state index in [1.54, 1.807) is 24.3 Å². The Morgan fingerprint density at radius 2 is 1.83 bits per heavy atom. The largest absolute Gasteiger partial charge is 0.495 e. The number of aryl methyl sites for hydroxylation is 1. The van der Waals surface area contributed by atoms with Crippen LogP contribution in [0.5, 0.6) is 11.5 Å². The van der Waals surface area contributed by atoms with Crippen molar-refractivity contribution in [3.8, 4) is 11.5 Å². The Labute approximate surface area is 178 Å². The number of carbonyl (C=O) groups is 2. The van der Waals surface area contributed by atoms with E-state index in [-0.39, 0.29) is 18.9 Å². The highest BCUT2D eigenvalue weighted by molar-refractivity contribution is 6.32. The van der Waals surface area contributed by atoms with Gasteiger partial charge in [-0.2, -0.15) is 0 Å². The molecule has 2 aromatic carbocycles. The van der Waals surface area contributed by atoms with Crippen LogP contribution in [0, 0.1) is 6.92 Å². The van der Waals surface area contributed by atoms with Gasteiger partial charge in [-0.3, -0.25) is 9.59 Å². The molecule has 1 heterocycles. The van der Waals surface area contributed by atoms with E-state index < -0.39 is 11.8 Å². The smallest absolute Gasteiger partial charge is 0.287 e. The van der Waals surface area contributed by atoms with Gasteiger partial charge in [0.1, 0.15) is 23.9 Å². The monoisotopic (exact) mass is 428 g/mol. The Morgan fingerprint density at radius 1 is 1.07 bits per heavy atom. The lowest BCUT2D eigenvalue weighted by Gasteiger charge is -2.08. The maximum absolute atomic E-state index is 12.2. The topological polar surface area (TPSA) is 89.8 Å². The van der Waals surface area contributed by atoms with Crippen LogP contribution in [0.3, 0.4) is 0 Å². The molecular weight excluding hydrogens is 408 g/mol. The predicted molar refractivity (Wildman–Crippen MR) is 113 cm³/mol. The average molecular weight is 429 g/mol. The minimum atomic E-state index is -0.500. The molecule has 2 amide bonds. The number of amides is 2. The second kappa shape index (κ2) is 9.84. The zero-order valence-corrected chi connectivity index (χ0v) is 17.3. The van der Waals surface area contributed by atoms with Gasteiger partial charge in [0.15, 0.2) is 5.76 Å². The summed E-state index contributed by atoms with van der Waals surface area (Å²) in [5, 5.41) is 5.52.